The quantitative estimate of drug-likeness (QED) is 0.0279. The monoisotopic (exact) mass is 879 g/mol. The number of unbranched alkanes of at least 4 members (excludes halogenated alkanes) is 27. The summed E-state index contributed by atoms with van der Waals surface area (Å²) in [4.78, 5) is 34.9. The fourth-order valence-electron chi connectivity index (χ4n) is 7.21. The summed E-state index contributed by atoms with van der Waals surface area (Å²) in [6, 6.07) is 0. The van der Waals surface area contributed by atoms with Gasteiger partial charge in [0, 0.05) is 12.8 Å². The standard InChI is InChI=1S/C52H95O8P/c1-4-7-9-11-13-15-17-19-21-23-25-26-27-28-29-31-33-35-37-39-41-43-45-47-52(54)60-50(49-59-61(55,56)58-6-3)48-57-51(53)46-44-42-40-38-36-34-32-30-24-22-20-18-16-14-12-10-8-5-2/h7,9,13,15,19,21,25-26,50H,4-6,8,10-12,14,16-18,20,22-24,27-49H2,1-3H3,(H,55,56)/b9-7-,15-13-,21-19-,26-25-. The molecule has 356 valence electrons. The van der Waals surface area contributed by atoms with Crippen LogP contribution in [0.5, 0.6) is 0 Å². The maximum atomic E-state index is 12.6. The molecule has 0 radical (unpaired) electrons. The molecule has 0 fully saturated rings. The minimum absolute atomic E-state index is 0.000127. The van der Waals surface area contributed by atoms with Crippen molar-refractivity contribution in [3.05, 3.63) is 48.6 Å². The first-order chi connectivity index (χ1) is 29.8. The van der Waals surface area contributed by atoms with Gasteiger partial charge in [-0.2, -0.15) is 0 Å². The number of hydrogen-bond donors (Lipinski definition) is 1. The maximum Gasteiger partial charge on any atom is 0.472 e. The molecule has 9 heteroatoms. The van der Waals surface area contributed by atoms with Gasteiger partial charge in [0.2, 0.25) is 0 Å². The molecule has 2 unspecified atom stereocenters. The highest BCUT2D eigenvalue weighted by molar-refractivity contribution is 7.47. The van der Waals surface area contributed by atoms with Crippen LogP contribution in [0.3, 0.4) is 0 Å². The highest BCUT2D eigenvalue weighted by Crippen LogP contribution is 2.43. The summed E-state index contributed by atoms with van der Waals surface area (Å²) in [7, 11) is -4.29. The van der Waals surface area contributed by atoms with Crippen LogP contribution in [0, 0.1) is 0 Å². The first-order valence-electron chi connectivity index (χ1n) is 25.4. The Morgan fingerprint density at radius 1 is 0.459 bits per heavy atom. The second kappa shape index (κ2) is 47.5. The fourth-order valence-corrected chi connectivity index (χ4v) is 7.97. The fraction of sp³-hybridized carbons (Fsp3) is 0.808. The normalized spacial score (nSPS) is 13.6. The van der Waals surface area contributed by atoms with Crippen LogP contribution in [0.4, 0.5) is 0 Å². The highest BCUT2D eigenvalue weighted by atomic mass is 31.2. The van der Waals surface area contributed by atoms with Crippen molar-refractivity contribution in [3.63, 3.8) is 0 Å². The van der Waals surface area contributed by atoms with Gasteiger partial charge >= 0.3 is 19.8 Å². The van der Waals surface area contributed by atoms with Crippen molar-refractivity contribution in [1.29, 1.82) is 0 Å². The van der Waals surface area contributed by atoms with E-state index < -0.39 is 26.5 Å². The molecule has 0 saturated carbocycles. The Bertz CT molecular complexity index is 1130. The van der Waals surface area contributed by atoms with Crippen LogP contribution < -0.4 is 0 Å². The molecule has 0 aromatic heterocycles. The van der Waals surface area contributed by atoms with Crippen LogP contribution >= 0.6 is 7.82 Å². The van der Waals surface area contributed by atoms with E-state index in [4.69, 9.17) is 18.5 Å². The van der Waals surface area contributed by atoms with Gasteiger partial charge in [-0.15, -0.1) is 0 Å². The molecule has 0 heterocycles. The molecule has 0 spiro atoms. The van der Waals surface area contributed by atoms with Gasteiger partial charge in [-0.3, -0.25) is 18.6 Å². The summed E-state index contributed by atoms with van der Waals surface area (Å²) in [5.41, 5.74) is 0. The number of phosphoric acid groups is 1. The number of rotatable bonds is 47. The minimum atomic E-state index is -4.29. The Hall–Kier alpha value is -1.99. The van der Waals surface area contributed by atoms with Crippen LogP contribution in [0.15, 0.2) is 48.6 Å². The third kappa shape index (κ3) is 47.3. The molecule has 1 N–H and O–H groups in total. The van der Waals surface area contributed by atoms with Gasteiger partial charge in [-0.25, -0.2) is 4.57 Å². The van der Waals surface area contributed by atoms with E-state index in [1.165, 1.54) is 135 Å². The van der Waals surface area contributed by atoms with Crippen molar-refractivity contribution < 1.29 is 37.6 Å². The van der Waals surface area contributed by atoms with Crippen LogP contribution in [-0.2, 0) is 32.7 Å². The van der Waals surface area contributed by atoms with Crippen LogP contribution in [0.25, 0.3) is 0 Å². The number of phosphoric ester groups is 1. The molecule has 0 aliphatic heterocycles. The summed E-state index contributed by atoms with van der Waals surface area (Å²) in [6.45, 7) is 5.40. The van der Waals surface area contributed by atoms with Gasteiger partial charge in [0.25, 0.3) is 0 Å². The molecule has 0 rings (SSSR count). The summed E-state index contributed by atoms with van der Waals surface area (Å²) in [6.07, 6.45) is 57.4. The molecular formula is C52H95O8P. The van der Waals surface area contributed by atoms with E-state index in [0.29, 0.717) is 12.8 Å². The first kappa shape index (κ1) is 59.0. The van der Waals surface area contributed by atoms with Gasteiger partial charge in [0.1, 0.15) is 6.61 Å². The molecular weight excluding hydrogens is 784 g/mol. The van der Waals surface area contributed by atoms with Crippen LogP contribution in [-0.4, -0.2) is 42.8 Å². The van der Waals surface area contributed by atoms with Crippen LogP contribution in [0.1, 0.15) is 245 Å². The Balaban J connectivity index is 3.97. The zero-order valence-electron chi connectivity index (χ0n) is 39.8. The number of hydrogen-bond acceptors (Lipinski definition) is 7. The van der Waals surface area contributed by atoms with Crippen molar-refractivity contribution in [2.75, 3.05) is 19.8 Å². The average Bonchev–Trinajstić information content (AvgIpc) is 3.24. The van der Waals surface area contributed by atoms with E-state index in [-0.39, 0.29) is 25.6 Å². The second-order valence-corrected chi connectivity index (χ2v) is 18.3. The minimum Gasteiger partial charge on any atom is -0.462 e. The molecule has 0 aliphatic carbocycles. The first-order valence-corrected chi connectivity index (χ1v) is 26.9. The molecule has 0 aliphatic rings. The highest BCUT2D eigenvalue weighted by Gasteiger charge is 2.25. The second-order valence-electron chi connectivity index (χ2n) is 16.8. The van der Waals surface area contributed by atoms with Gasteiger partial charge in [0.05, 0.1) is 13.2 Å². The van der Waals surface area contributed by atoms with Crippen molar-refractivity contribution in [2.24, 2.45) is 0 Å². The Labute approximate surface area is 376 Å². The number of carbonyl (C=O) groups is 2. The lowest BCUT2D eigenvalue weighted by molar-refractivity contribution is -0.161. The molecule has 0 saturated heterocycles. The average molecular weight is 879 g/mol. The summed E-state index contributed by atoms with van der Waals surface area (Å²) < 4.78 is 32.8. The lowest BCUT2D eigenvalue weighted by Crippen LogP contribution is -2.29. The van der Waals surface area contributed by atoms with Crippen molar-refractivity contribution in [2.45, 2.75) is 252 Å². The van der Waals surface area contributed by atoms with Gasteiger partial charge in [-0.1, -0.05) is 223 Å². The van der Waals surface area contributed by atoms with Crippen molar-refractivity contribution in [1.82, 2.24) is 0 Å². The smallest absolute Gasteiger partial charge is 0.462 e. The van der Waals surface area contributed by atoms with E-state index in [1.54, 1.807) is 6.92 Å². The lowest BCUT2D eigenvalue weighted by Gasteiger charge is -2.19. The largest absolute Gasteiger partial charge is 0.472 e. The third-order valence-electron chi connectivity index (χ3n) is 10.9. The number of allylic oxidation sites excluding steroid dienone is 8. The summed E-state index contributed by atoms with van der Waals surface area (Å²) in [5, 5.41) is 0. The van der Waals surface area contributed by atoms with E-state index >= 15 is 0 Å². The lowest BCUT2D eigenvalue weighted by atomic mass is 10.0. The number of carbonyl (C=O) groups excluding carboxylic acids is 2. The Kier molecular flexibility index (Phi) is 45.9. The number of esters is 2. The molecule has 8 nitrogen and oxygen atoms in total. The zero-order valence-corrected chi connectivity index (χ0v) is 40.7. The summed E-state index contributed by atoms with van der Waals surface area (Å²) in [5.74, 6) is -0.793. The summed E-state index contributed by atoms with van der Waals surface area (Å²) >= 11 is 0. The van der Waals surface area contributed by atoms with Crippen LogP contribution in [0.2, 0.25) is 0 Å². The van der Waals surface area contributed by atoms with Gasteiger partial charge in [0.15, 0.2) is 6.10 Å². The van der Waals surface area contributed by atoms with E-state index in [1.807, 2.05) is 0 Å². The van der Waals surface area contributed by atoms with Crippen molar-refractivity contribution >= 4 is 19.8 Å². The van der Waals surface area contributed by atoms with Gasteiger partial charge in [-0.05, 0) is 58.3 Å². The van der Waals surface area contributed by atoms with E-state index in [9.17, 15) is 19.0 Å². The van der Waals surface area contributed by atoms with Gasteiger partial charge < -0.3 is 14.4 Å². The number of ether oxygens (including phenoxy) is 2. The molecule has 0 bridgehead atoms. The zero-order chi connectivity index (χ0) is 44.6. The molecule has 0 amide bonds. The third-order valence-corrected chi connectivity index (χ3v) is 12.0. The molecule has 61 heavy (non-hydrogen) atoms. The molecule has 2 atom stereocenters. The van der Waals surface area contributed by atoms with E-state index in [2.05, 4.69) is 62.5 Å². The molecule has 0 aromatic rings. The molecule has 0 aromatic carbocycles. The van der Waals surface area contributed by atoms with Crippen molar-refractivity contribution in [3.8, 4) is 0 Å². The topological polar surface area (TPSA) is 108 Å². The Morgan fingerprint density at radius 3 is 1.26 bits per heavy atom. The Morgan fingerprint density at radius 2 is 0.836 bits per heavy atom. The predicted molar refractivity (Wildman–Crippen MR) is 258 cm³/mol. The SMILES string of the molecule is CC/C=C\C/C=C\C/C=C\C/C=C\CCCCCCCCCCCCC(=O)OC(COC(=O)CCCCCCCCCCCCCCCCCCCC)COP(=O)(O)OCC. The predicted octanol–water partition coefficient (Wildman–Crippen LogP) is 16.5. The van der Waals surface area contributed by atoms with E-state index in [0.717, 1.165) is 70.6 Å². The maximum absolute atomic E-state index is 12.6.